The van der Waals surface area contributed by atoms with Crippen molar-refractivity contribution < 1.29 is 19.4 Å². The lowest BCUT2D eigenvalue weighted by molar-refractivity contribution is -0.109. The van der Waals surface area contributed by atoms with Crippen LogP contribution in [0.2, 0.25) is 5.02 Å². The highest BCUT2D eigenvalue weighted by Gasteiger charge is 2.12. The molecule has 1 unspecified atom stereocenters. The SMILES string of the molecule is CC(C)Oc1ccc(C(=O)NCCC(O)Cc2ccc(-c3cn(C)c(CCNC=O)n3)cc2)cc1Cl. The van der Waals surface area contributed by atoms with Gasteiger partial charge in [0.25, 0.3) is 5.91 Å². The van der Waals surface area contributed by atoms with E-state index in [4.69, 9.17) is 16.3 Å². The number of rotatable bonds is 13. The Hall–Kier alpha value is -3.36. The predicted molar refractivity (Wildman–Crippen MR) is 140 cm³/mol. The number of aliphatic hydroxyl groups excluding tert-OH is 1. The lowest BCUT2D eigenvalue weighted by Crippen LogP contribution is -2.27. The van der Waals surface area contributed by atoms with E-state index in [-0.39, 0.29) is 12.0 Å². The van der Waals surface area contributed by atoms with Gasteiger partial charge in [-0.05, 0) is 50.5 Å². The number of hydrogen-bond acceptors (Lipinski definition) is 5. The van der Waals surface area contributed by atoms with Gasteiger partial charge in [0, 0.05) is 43.9 Å². The largest absolute Gasteiger partial charge is 0.489 e. The molecule has 0 saturated heterocycles. The third-order valence-corrected chi connectivity index (χ3v) is 5.89. The smallest absolute Gasteiger partial charge is 0.251 e. The quantitative estimate of drug-likeness (QED) is 0.240. The van der Waals surface area contributed by atoms with Crippen LogP contribution in [0.4, 0.5) is 0 Å². The van der Waals surface area contributed by atoms with Crippen LogP contribution in [0.25, 0.3) is 11.3 Å². The minimum absolute atomic E-state index is 0.00887. The zero-order chi connectivity index (χ0) is 26.1. The molecule has 1 heterocycles. The van der Waals surface area contributed by atoms with Crippen molar-refractivity contribution in [3.8, 4) is 17.0 Å². The van der Waals surface area contributed by atoms with Crippen LogP contribution in [0.15, 0.2) is 48.7 Å². The molecule has 3 rings (SSSR count). The van der Waals surface area contributed by atoms with Gasteiger partial charge in [0.15, 0.2) is 0 Å². The number of nitrogens with zero attached hydrogens (tertiary/aromatic N) is 2. The molecule has 3 aromatic rings. The van der Waals surface area contributed by atoms with Crippen molar-refractivity contribution in [2.24, 2.45) is 7.05 Å². The number of carbonyl (C=O) groups is 2. The van der Waals surface area contributed by atoms with Gasteiger partial charge >= 0.3 is 0 Å². The molecule has 2 amide bonds. The number of hydrogen-bond donors (Lipinski definition) is 3. The number of aliphatic hydroxyl groups is 1. The normalized spacial score (nSPS) is 11.8. The molecule has 0 aliphatic carbocycles. The number of amides is 2. The fourth-order valence-corrected chi connectivity index (χ4v) is 3.98. The van der Waals surface area contributed by atoms with Gasteiger partial charge in [0.05, 0.1) is 22.9 Å². The van der Waals surface area contributed by atoms with E-state index in [0.717, 1.165) is 22.6 Å². The molecule has 1 aromatic heterocycles. The zero-order valence-corrected chi connectivity index (χ0v) is 21.6. The van der Waals surface area contributed by atoms with Gasteiger partial charge < -0.3 is 25.0 Å². The number of benzene rings is 2. The third kappa shape index (κ3) is 7.83. The van der Waals surface area contributed by atoms with Crippen LogP contribution in [-0.4, -0.2) is 52.3 Å². The first-order valence-corrected chi connectivity index (χ1v) is 12.4. The number of ether oxygens (including phenoxy) is 1. The molecule has 192 valence electrons. The number of imidazole rings is 1. The molecule has 0 saturated carbocycles. The average molecular weight is 513 g/mol. The first-order valence-electron chi connectivity index (χ1n) is 12.0. The minimum atomic E-state index is -0.590. The second kappa shape index (κ2) is 13.1. The van der Waals surface area contributed by atoms with E-state index in [1.807, 2.05) is 55.9 Å². The van der Waals surface area contributed by atoms with Crippen LogP contribution in [0.1, 0.15) is 42.0 Å². The van der Waals surface area contributed by atoms with E-state index in [1.54, 1.807) is 18.2 Å². The third-order valence-electron chi connectivity index (χ3n) is 5.59. The minimum Gasteiger partial charge on any atom is -0.489 e. The van der Waals surface area contributed by atoms with E-state index in [2.05, 4.69) is 15.6 Å². The Kier molecular flexibility index (Phi) is 9.90. The number of halogens is 1. The molecule has 0 aliphatic heterocycles. The van der Waals surface area contributed by atoms with Gasteiger partial charge in [0.1, 0.15) is 11.6 Å². The Balaban J connectivity index is 1.47. The van der Waals surface area contributed by atoms with E-state index >= 15 is 0 Å². The Labute approximate surface area is 216 Å². The first kappa shape index (κ1) is 27.2. The van der Waals surface area contributed by atoms with Gasteiger partial charge in [-0.15, -0.1) is 0 Å². The number of carbonyl (C=O) groups excluding carboxylic acids is 2. The summed E-state index contributed by atoms with van der Waals surface area (Å²) in [6, 6.07) is 12.9. The standard InChI is InChI=1S/C27H33ClN4O4/c1-18(2)36-25-9-8-21(15-23(25)28)27(35)30-13-10-22(34)14-19-4-6-20(7-5-19)24-16-32(3)26(31-24)11-12-29-17-33/h4-9,15-18,22,34H,10-14H2,1-3H3,(H,29,33)(H,30,35). The fraction of sp³-hybridized carbons (Fsp3) is 0.370. The first-order chi connectivity index (χ1) is 17.3. The molecule has 1 atom stereocenters. The lowest BCUT2D eigenvalue weighted by atomic mass is 10.0. The fourth-order valence-electron chi connectivity index (χ4n) is 3.75. The highest BCUT2D eigenvalue weighted by molar-refractivity contribution is 6.32. The Morgan fingerprint density at radius 1 is 1.19 bits per heavy atom. The molecule has 0 spiro atoms. The zero-order valence-electron chi connectivity index (χ0n) is 20.8. The summed E-state index contributed by atoms with van der Waals surface area (Å²) in [4.78, 5) is 27.5. The van der Waals surface area contributed by atoms with Crippen LogP contribution in [0.3, 0.4) is 0 Å². The molecule has 2 aromatic carbocycles. The number of nitrogens with one attached hydrogen (secondary N) is 2. The van der Waals surface area contributed by atoms with Crippen LogP contribution in [-0.2, 0) is 24.7 Å². The van der Waals surface area contributed by atoms with E-state index in [9.17, 15) is 14.7 Å². The number of aromatic nitrogens is 2. The monoisotopic (exact) mass is 512 g/mol. The van der Waals surface area contributed by atoms with Crippen LogP contribution >= 0.6 is 11.6 Å². The van der Waals surface area contributed by atoms with Crippen LogP contribution in [0, 0.1) is 0 Å². The molecule has 8 nitrogen and oxygen atoms in total. The van der Waals surface area contributed by atoms with Crippen molar-refractivity contribution in [3.63, 3.8) is 0 Å². The van der Waals surface area contributed by atoms with Crippen molar-refractivity contribution in [1.29, 1.82) is 0 Å². The second-order valence-electron chi connectivity index (χ2n) is 8.89. The molecule has 0 bridgehead atoms. The van der Waals surface area contributed by atoms with E-state index in [1.165, 1.54) is 0 Å². The van der Waals surface area contributed by atoms with Crippen molar-refractivity contribution >= 4 is 23.9 Å². The molecular formula is C27H33ClN4O4. The summed E-state index contributed by atoms with van der Waals surface area (Å²) in [5.41, 5.74) is 3.28. The highest BCUT2D eigenvalue weighted by atomic mass is 35.5. The van der Waals surface area contributed by atoms with Crippen molar-refractivity contribution in [1.82, 2.24) is 20.2 Å². The van der Waals surface area contributed by atoms with Crippen molar-refractivity contribution in [3.05, 3.63) is 70.6 Å². The molecule has 0 aliphatic rings. The maximum Gasteiger partial charge on any atom is 0.251 e. The summed E-state index contributed by atoms with van der Waals surface area (Å²) in [5.74, 6) is 1.18. The van der Waals surface area contributed by atoms with Crippen molar-refractivity contribution in [2.75, 3.05) is 13.1 Å². The predicted octanol–water partition coefficient (Wildman–Crippen LogP) is 3.54. The second-order valence-corrected chi connectivity index (χ2v) is 9.29. The summed E-state index contributed by atoms with van der Waals surface area (Å²) >= 11 is 6.21. The van der Waals surface area contributed by atoms with Gasteiger partial charge in [-0.1, -0.05) is 35.9 Å². The van der Waals surface area contributed by atoms with Crippen LogP contribution in [0.5, 0.6) is 5.75 Å². The van der Waals surface area contributed by atoms with Gasteiger partial charge in [-0.25, -0.2) is 4.98 Å². The topological polar surface area (TPSA) is 105 Å². The Morgan fingerprint density at radius 3 is 2.61 bits per heavy atom. The molecule has 3 N–H and O–H groups in total. The highest BCUT2D eigenvalue weighted by Crippen LogP contribution is 2.26. The van der Waals surface area contributed by atoms with Gasteiger partial charge in [-0.2, -0.15) is 0 Å². The average Bonchev–Trinajstić information content (AvgIpc) is 3.21. The Bertz CT molecular complexity index is 1160. The summed E-state index contributed by atoms with van der Waals surface area (Å²) in [5, 5.41) is 16.3. The molecule has 9 heteroatoms. The molecular weight excluding hydrogens is 480 g/mol. The van der Waals surface area contributed by atoms with E-state index < -0.39 is 6.10 Å². The maximum atomic E-state index is 12.4. The van der Waals surface area contributed by atoms with Gasteiger partial charge in [0.2, 0.25) is 6.41 Å². The maximum absolute atomic E-state index is 12.4. The summed E-state index contributed by atoms with van der Waals surface area (Å²) in [6.45, 7) is 4.70. The number of aryl methyl sites for hydroxylation is 1. The molecule has 0 radical (unpaired) electrons. The van der Waals surface area contributed by atoms with Gasteiger partial charge in [-0.3, -0.25) is 9.59 Å². The summed E-state index contributed by atoms with van der Waals surface area (Å²) in [7, 11) is 1.93. The summed E-state index contributed by atoms with van der Waals surface area (Å²) in [6.07, 6.45) is 3.60. The summed E-state index contributed by atoms with van der Waals surface area (Å²) < 4.78 is 7.55. The molecule has 0 fully saturated rings. The molecule has 36 heavy (non-hydrogen) atoms. The van der Waals surface area contributed by atoms with Crippen molar-refractivity contribution in [2.45, 2.75) is 45.3 Å². The lowest BCUT2D eigenvalue weighted by Gasteiger charge is -2.13. The Morgan fingerprint density at radius 2 is 1.94 bits per heavy atom. The van der Waals surface area contributed by atoms with Crippen LogP contribution < -0.4 is 15.4 Å². The van der Waals surface area contributed by atoms with E-state index in [0.29, 0.717) is 55.1 Å².